The normalized spacial score (nSPS) is 13.3. The summed E-state index contributed by atoms with van der Waals surface area (Å²) in [6.07, 6.45) is 1.82. The predicted molar refractivity (Wildman–Crippen MR) is 85.7 cm³/mol. The van der Waals surface area contributed by atoms with Gasteiger partial charge in [0.05, 0.1) is 15.8 Å². The number of thiazole rings is 1. The third-order valence-electron chi connectivity index (χ3n) is 3.35. The lowest BCUT2D eigenvalue weighted by Crippen LogP contribution is -1.92. The summed E-state index contributed by atoms with van der Waals surface area (Å²) in [5.74, 6) is 1.44. The number of rotatable bonds is 2. The van der Waals surface area contributed by atoms with Crippen molar-refractivity contribution < 1.29 is 9.47 Å². The second kappa shape index (κ2) is 5.17. The molecule has 0 N–H and O–H groups in total. The second-order valence-electron chi connectivity index (χ2n) is 4.77. The molecule has 22 heavy (non-hydrogen) atoms. The van der Waals surface area contributed by atoms with E-state index in [-0.39, 0.29) is 6.79 Å². The van der Waals surface area contributed by atoms with Gasteiger partial charge in [-0.1, -0.05) is 18.2 Å². The first-order valence-electron chi connectivity index (χ1n) is 6.71. The minimum atomic E-state index is 0.242. The molecule has 2 aromatic carbocycles. The van der Waals surface area contributed by atoms with Crippen LogP contribution in [0, 0.1) is 11.3 Å². The number of para-hydroxylation sites is 1. The highest BCUT2D eigenvalue weighted by molar-refractivity contribution is 7.19. The maximum atomic E-state index is 9.45. The molecule has 0 fully saturated rings. The van der Waals surface area contributed by atoms with E-state index < -0.39 is 0 Å². The van der Waals surface area contributed by atoms with Gasteiger partial charge in [0, 0.05) is 0 Å². The molecule has 0 unspecified atom stereocenters. The zero-order valence-electron chi connectivity index (χ0n) is 11.4. The maximum absolute atomic E-state index is 9.45. The van der Waals surface area contributed by atoms with Crippen LogP contribution >= 0.6 is 11.3 Å². The van der Waals surface area contributed by atoms with E-state index in [0.717, 1.165) is 26.5 Å². The summed E-state index contributed by atoms with van der Waals surface area (Å²) in [5.41, 5.74) is 2.34. The molecule has 4 rings (SSSR count). The Balaban J connectivity index is 1.76. The Bertz CT molecular complexity index is 904. The molecule has 3 aromatic rings. The van der Waals surface area contributed by atoms with Gasteiger partial charge in [0.1, 0.15) is 11.1 Å². The molecule has 1 aliphatic rings. The predicted octanol–water partition coefficient (Wildman–Crippen LogP) is 4.09. The second-order valence-corrected chi connectivity index (χ2v) is 5.80. The van der Waals surface area contributed by atoms with Crippen LogP contribution in [0.1, 0.15) is 10.6 Å². The molecule has 0 amide bonds. The molecular formula is C17H10N2O2S. The molecule has 1 aromatic heterocycles. The van der Waals surface area contributed by atoms with Crippen molar-refractivity contribution in [3.63, 3.8) is 0 Å². The lowest BCUT2D eigenvalue weighted by atomic mass is 10.1. The third kappa shape index (κ3) is 2.20. The molecule has 0 radical (unpaired) electrons. The summed E-state index contributed by atoms with van der Waals surface area (Å²) in [6.45, 7) is 0.242. The molecule has 0 saturated carbocycles. The smallest absolute Gasteiger partial charge is 0.231 e. The molecule has 0 atom stereocenters. The number of nitriles is 1. The van der Waals surface area contributed by atoms with E-state index in [1.165, 1.54) is 11.3 Å². The molecule has 0 bridgehead atoms. The van der Waals surface area contributed by atoms with Crippen molar-refractivity contribution in [3.05, 3.63) is 53.0 Å². The highest BCUT2D eigenvalue weighted by Gasteiger charge is 2.14. The Morgan fingerprint density at radius 2 is 2.05 bits per heavy atom. The minimum absolute atomic E-state index is 0.242. The zero-order valence-corrected chi connectivity index (χ0v) is 12.3. The van der Waals surface area contributed by atoms with Gasteiger partial charge in [-0.15, -0.1) is 11.3 Å². The van der Waals surface area contributed by atoms with Gasteiger partial charge < -0.3 is 9.47 Å². The molecule has 0 spiro atoms. The number of hydrogen-bond acceptors (Lipinski definition) is 5. The van der Waals surface area contributed by atoms with Gasteiger partial charge in [-0.2, -0.15) is 5.26 Å². The lowest BCUT2D eigenvalue weighted by Gasteiger charge is -1.98. The summed E-state index contributed by atoms with van der Waals surface area (Å²) in [4.78, 5) is 4.52. The number of ether oxygens (including phenoxy) is 2. The van der Waals surface area contributed by atoms with Crippen molar-refractivity contribution in [1.82, 2.24) is 4.98 Å². The fraction of sp³-hybridized carbons (Fsp3) is 0.0588. The molecule has 5 heteroatoms. The standard InChI is InChI=1S/C17H10N2O2S/c18-9-12(17-19-13-3-1-2-4-16(13)22-17)7-11-5-6-14-15(8-11)21-10-20-14/h1-8H,10H2. The van der Waals surface area contributed by atoms with Crippen LogP contribution in [-0.4, -0.2) is 11.8 Å². The van der Waals surface area contributed by atoms with Crippen molar-refractivity contribution in [1.29, 1.82) is 5.26 Å². The van der Waals surface area contributed by atoms with Crippen LogP contribution in [0.4, 0.5) is 0 Å². The average molecular weight is 306 g/mol. The summed E-state index contributed by atoms with van der Waals surface area (Å²) in [6, 6.07) is 15.7. The largest absolute Gasteiger partial charge is 0.454 e. The first kappa shape index (κ1) is 12.9. The fourth-order valence-electron chi connectivity index (χ4n) is 2.30. The van der Waals surface area contributed by atoms with Crippen LogP contribution in [0.15, 0.2) is 42.5 Å². The van der Waals surface area contributed by atoms with Crippen LogP contribution in [0.2, 0.25) is 0 Å². The number of nitrogens with zero attached hydrogens (tertiary/aromatic N) is 2. The van der Waals surface area contributed by atoms with Gasteiger partial charge in [-0.25, -0.2) is 4.98 Å². The maximum Gasteiger partial charge on any atom is 0.231 e. The monoisotopic (exact) mass is 306 g/mol. The van der Waals surface area contributed by atoms with E-state index >= 15 is 0 Å². The van der Waals surface area contributed by atoms with Crippen LogP contribution in [0.3, 0.4) is 0 Å². The van der Waals surface area contributed by atoms with Crippen molar-refractivity contribution in [2.24, 2.45) is 0 Å². The number of aromatic nitrogens is 1. The van der Waals surface area contributed by atoms with Crippen molar-refractivity contribution >= 4 is 33.2 Å². The number of hydrogen-bond donors (Lipinski definition) is 0. The molecule has 1 aliphatic heterocycles. The molecular weight excluding hydrogens is 296 g/mol. The first-order chi connectivity index (χ1) is 10.8. The van der Waals surface area contributed by atoms with Gasteiger partial charge in [-0.3, -0.25) is 0 Å². The summed E-state index contributed by atoms with van der Waals surface area (Å²) in [7, 11) is 0. The van der Waals surface area contributed by atoms with Gasteiger partial charge in [0.15, 0.2) is 11.5 Å². The van der Waals surface area contributed by atoms with Crippen molar-refractivity contribution in [2.45, 2.75) is 0 Å². The van der Waals surface area contributed by atoms with E-state index in [4.69, 9.17) is 9.47 Å². The molecule has 4 nitrogen and oxygen atoms in total. The van der Waals surface area contributed by atoms with Gasteiger partial charge in [-0.05, 0) is 35.9 Å². The van der Waals surface area contributed by atoms with E-state index in [1.54, 1.807) is 0 Å². The number of benzene rings is 2. The van der Waals surface area contributed by atoms with E-state index in [9.17, 15) is 5.26 Å². The highest BCUT2D eigenvalue weighted by Crippen LogP contribution is 2.34. The Kier molecular flexibility index (Phi) is 3.02. The van der Waals surface area contributed by atoms with E-state index in [0.29, 0.717) is 11.3 Å². The van der Waals surface area contributed by atoms with Crippen LogP contribution < -0.4 is 9.47 Å². The Morgan fingerprint density at radius 3 is 2.91 bits per heavy atom. The lowest BCUT2D eigenvalue weighted by molar-refractivity contribution is 0.174. The third-order valence-corrected chi connectivity index (χ3v) is 4.42. The minimum Gasteiger partial charge on any atom is -0.454 e. The number of fused-ring (bicyclic) bond motifs is 2. The van der Waals surface area contributed by atoms with E-state index in [2.05, 4.69) is 11.1 Å². The van der Waals surface area contributed by atoms with Crippen LogP contribution in [0.5, 0.6) is 11.5 Å². The van der Waals surface area contributed by atoms with Gasteiger partial charge >= 0.3 is 0 Å². The fourth-order valence-corrected chi connectivity index (χ4v) is 3.23. The quantitative estimate of drug-likeness (QED) is 0.669. The van der Waals surface area contributed by atoms with Crippen molar-refractivity contribution in [2.75, 3.05) is 6.79 Å². The summed E-state index contributed by atoms with van der Waals surface area (Å²) < 4.78 is 11.7. The van der Waals surface area contributed by atoms with Crippen molar-refractivity contribution in [3.8, 4) is 17.6 Å². The highest BCUT2D eigenvalue weighted by atomic mass is 32.1. The summed E-state index contributed by atoms with van der Waals surface area (Å²) >= 11 is 1.52. The molecule has 0 saturated heterocycles. The molecule has 106 valence electrons. The summed E-state index contributed by atoms with van der Waals surface area (Å²) in [5, 5.41) is 10.2. The Hall–Kier alpha value is -2.84. The van der Waals surface area contributed by atoms with E-state index in [1.807, 2.05) is 48.5 Å². The van der Waals surface area contributed by atoms with Gasteiger partial charge in [0.2, 0.25) is 6.79 Å². The van der Waals surface area contributed by atoms with Gasteiger partial charge in [0.25, 0.3) is 0 Å². The van der Waals surface area contributed by atoms with Crippen LogP contribution in [0.25, 0.3) is 21.9 Å². The Labute approximate surface area is 130 Å². The molecule has 0 aliphatic carbocycles. The molecule has 2 heterocycles. The first-order valence-corrected chi connectivity index (χ1v) is 7.52. The van der Waals surface area contributed by atoms with Crippen LogP contribution in [-0.2, 0) is 0 Å². The Morgan fingerprint density at radius 1 is 1.18 bits per heavy atom. The zero-order chi connectivity index (χ0) is 14.9. The average Bonchev–Trinajstić information content (AvgIpc) is 3.18. The number of allylic oxidation sites excluding steroid dienone is 1. The SMILES string of the molecule is N#CC(=Cc1ccc2c(c1)OCO2)c1nc2ccccc2s1. The topological polar surface area (TPSA) is 55.1 Å².